The lowest BCUT2D eigenvalue weighted by Crippen LogP contribution is -2.40. The van der Waals surface area contributed by atoms with E-state index in [-0.39, 0.29) is 5.91 Å². The average molecular weight is 287 g/mol. The minimum Gasteiger partial charge on any atom is -0.496 e. The van der Waals surface area contributed by atoms with Gasteiger partial charge in [0.05, 0.1) is 13.5 Å². The fraction of sp³-hybridized carbons (Fsp3) is 0.611. The molecule has 21 heavy (non-hydrogen) atoms. The first-order valence-corrected chi connectivity index (χ1v) is 8.08. The number of methoxy groups -OCH3 is 1. The second kappa shape index (κ2) is 6.08. The number of para-hydroxylation sites is 1. The van der Waals surface area contributed by atoms with E-state index in [1.165, 1.54) is 25.7 Å². The summed E-state index contributed by atoms with van der Waals surface area (Å²) in [5.74, 6) is 3.35. The van der Waals surface area contributed by atoms with Gasteiger partial charge in [-0.3, -0.25) is 4.79 Å². The summed E-state index contributed by atoms with van der Waals surface area (Å²) in [5.41, 5.74) is 0.956. The fourth-order valence-corrected chi connectivity index (χ4v) is 4.34. The van der Waals surface area contributed by atoms with Crippen LogP contribution in [0.1, 0.15) is 38.2 Å². The zero-order chi connectivity index (χ0) is 14.8. The van der Waals surface area contributed by atoms with Gasteiger partial charge in [-0.05, 0) is 50.0 Å². The van der Waals surface area contributed by atoms with Gasteiger partial charge in [0.2, 0.25) is 5.91 Å². The van der Waals surface area contributed by atoms with E-state index in [0.29, 0.717) is 18.4 Å². The van der Waals surface area contributed by atoms with Crippen LogP contribution in [0.25, 0.3) is 0 Å². The molecular weight excluding hydrogens is 262 g/mol. The van der Waals surface area contributed by atoms with Crippen molar-refractivity contribution < 1.29 is 9.53 Å². The highest BCUT2D eigenvalue weighted by Gasteiger charge is 2.42. The van der Waals surface area contributed by atoms with Crippen molar-refractivity contribution in [2.45, 2.75) is 45.1 Å². The van der Waals surface area contributed by atoms with Crippen molar-refractivity contribution in [3.8, 4) is 5.75 Å². The first-order valence-electron chi connectivity index (χ1n) is 8.08. The van der Waals surface area contributed by atoms with Crippen molar-refractivity contribution in [2.75, 3.05) is 7.11 Å². The van der Waals surface area contributed by atoms with Crippen molar-refractivity contribution in [1.29, 1.82) is 0 Å². The predicted molar refractivity (Wildman–Crippen MR) is 83.2 cm³/mol. The Morgan fingerprint density at radius 2 is 2.14 bits per heavy atom. The minimum absolute atomic E-state index is 0.106. The molecule has 2 aliphatic rings. The van der Waals surface area contributed by atoms with Gasteiger partial charge in [0.25, 0.3) is 0 Å². The molecule has 0 aromatic heterocycles. The highest BCUT2D eigenvalue weighted by Crippen LogP contribution is 2.49. The smallest absolute Gasteiger partial charge is 0.224 e. The Hall–Kier alpha value is -1.51. The Kier molecular flexibility index (Phi) is 4.18. The summed E-state index contributed by atoms with van der Waals surface area (Å²) in [7, 11) is 1.65. The van der Waals surface area contributed by atoms with Gasteiger partial charge < -0.3 is 10.1 Å². The number of hydrogen-bond donors (Lipinski definition) is 1. The van der Waals surface area contributed by atoms with E-state index in [1.807, 2.05) is 24.3 Å². The Morgan fingerprint density at radius 1 is 1.33 bits per heavy atom. The van der Waals surface area contributed by atoms with Gasteiger partial charge in [-0.2, -0.15) is 0 Å². The second-order valence-electron chi connectivity index (χ2n) is 6.68. The lowest BCUT2D eigenvalue weighted by molar-refractivity contribution is -0.121. The summed E-state index contributed by atoms with van der Waals surface area (Å²) >= 11 is 0. The first kappa shape index (κ1) is 14.4. The SMILES string of the molecule is COc1ccccc1CC(=O)N[C@H](C)[C@@H]1C[C@@H]2CC[C@@H]1C2. The molecule has 3 rings (SSSR count). The van der Waals surface area contributed by atoms with Gasteiger partial charge in [-0.25, -0.2) is 0 Å². The van der Waals surface area contributed by atoms with Crippen LogP contribution in [0, 0.1) is 17.8 Å². The molecule has 2 saturated carbocycles. The van der Waals surface area contributed by atoms with Gasteiger partial charge in [0, 0.05) is 11.6 Å². The maximum atomic E-state index is 12.3. The quantitative estimate of drug-likeness (QED) is 0.903. The number of carbonyl (C=O) groups excluding carboxylic acids is 1. The first-order chi connectivity index (χ1) is 10.2. The molecule has 0 unspecified atom stereocenters. The average Bonchev–Trinajstić information content (AvgIpc) is 3.10. The third kappa shape index (κ3) is 3.07. The van der Waals surface area contributed by atoms with Crippen LogP contribution in [0.3, 0.4) is 0 Å². The van der Waals surface area contributed by atoms with Crippen LogP contribution in [0.5, 0.6) is 5.75 Å². The Morgan fingerprint density at radius 3 is 2.81 bits per heavy atom. The van der Waals surface area contributed by atoms with Crippen molar-refractivity contribution in [1.82, 2.24) is 5.32 Å². The van der Waals surface area contributed by atoms with Crippen LogP contribution >= 0.6 is 0 Å². The van der Waals surface area contributed by atoms with Crippen LogP contribution in [-0.2, 0) is 11.2 Å². The number of rotatable bonds is 5. The molecule has 0 saturated heterocycles. The van der Waals surface area contributed by atoms with Crippen LogP contribution in [0.2, 0.25) is 0 Å². The predicted octanol–water partition coefficient (Wildman–Crippen LogP) is 3.18. The van der Waals surface area contributed by atoms with Crippen LogP contribution in [-0.4, -0.2) is 19.1 Å². The van der Waals surface area contributed by atoms with Gasteiger partial charge in [-0.15, -0.1) is 0 Å². The van der Waals surface area contributed by atoms with Gasteiger partial charge in [-0.1, -0.05) is 24.6 Å². The summed E-state index contributed by atoms with van der Waals surface area (Å²) < 4.78 is 5.31. The molecule has 2 aliphatic carbocycles. The standard InChI is InChI=1S/C18H25NO2/c1-12(16-10-13-7-8-14(16)9-13)19-18(20)11-15-5-3-4-6-17(15)21-2/h3-6,12-14,16H,7-11H2,1-2H3,(H,19,20)/t12-,13-,14-,16+/m1/s1. The van der Waals surface area contributed by atoms with Gasteiger partial charge >= 0.3 is 0 Å². The van der Waals surface area contributed by atoms with Crippen molar-refractivity contribution >= 4 is 5.91 Å². The molecule has 3 nitrogen and oxygen atoms in total. The molecule has 0 aliphatic heterocycles. The Bertz CT molecular complexity index is 514. The van der Waals surface area contributed by atoms with E-state index >= 15 is 0 Å². The molecular formula is C18H25NO2. The normalized spacial score (nSPS) is 28.4. The Labute approximate surface area is 127 Å². The van der Waals surface area contributed by atoms with Gasteiger partial charge in [0.1, 0.15) is 5.75 Å². The van der Waals surface area contributed by atoms with Crippen molar-refractivity contribution in [2.24, 2.45) is 17.8 Å². The number of carbonyl (C=O) groups is 1. The highest BCUT2D eigenvalue weighted by atomic mass is 16.5. The summed E-state index contributed by atoms with van der Waals surface area (Å²) in [6.07, 6.45) is 5.86. The number of ether oxygens (including phenoxy) is 1. The molecule has 1 N–H and O–H groups in total. The van der Waals surface area contributed by atoms with Gasteiger partial charge in [0.15, 0.2) is 0 Å². The Balaban J connectivity index is 1.56. The molecule has 0 radical (unpaired) electrons. The number of benzene rings is 1. The van der Waals surface area contributed by atoms with Crippen molar-refractivity contribution in [3.63, 3.8) is 0 Å². The summed E-state index contributed by atoms with van der Waals surface area (Å²) in [6.45, 7) is 2.17. The highest BCUT2D eigenvalue weighted by molar-refractivity contribution is 5.79. The molecule has 1 aromatic carbocycles. The summed E-state index contributed by atoms with van der Waals surface area (Å²) in [5, 5.41) is 3.21. The molecule has 4 atom stereocenters. The van der Waals surface area contributed by atoms with Crippen LogP contribution in [0.4, 0.5) is 0 Å². The van der Waals surface area contributed by atoms with Crippen LogP contribution < -0.4 is 10.1 Å². The lowest BCUT2D eigenvalue weighted by atomic mass is 9.84. The van der Waals surface area contributed by atoms with E-state index in [0.717, 1.165) is 23.1 Å². The largest absolute Gasteiger partial charge is 0.496 e. The monoisotopic (exact) mass is 287 g/mol. The number of hydrogen-bond acceptors (Lipinski definition) is 2. The molecule has 0 spiro atoms. The molecule has 1 amide bonds. The molecule has 114 valence electrons. The lowest BCUT2D eigenvalue weighted by Gasteiger charge is -2.28. The zero-order valence-electron chi connectivity index (χ0n) is 13.0. The molecule has 1 aromatic rings. The maximum absolute atomic E-state index is 12.3. The van der Waals surface area contributed by atoms with E-state index in [2.05, 4.69) is 12.2 Å². The molecule has 0 heterocycles. The molecule has 2 bridgehead atoms. The number of fused-ring (bicyclic) bond motifs is 2. The van der Waals surface area contributed by atoms with E-state index in [1.54, 1.807) is 7.11 Å². The molecule has 2 fully saturated rings. The third-order valence-electron chi connectivity index (χ3n) is 5.37. The fourth-order valence-electron chi connectivity index (χ4n) is 4.34. The van der Waals surface area contributed by atoms with Crippen molar-refractivity contribution in [3.05, 3.63) is 29.8 Å². The van der Waals surface area contributed by atoms with E-state index < -0.39 is 0 Å². The molecule has 3 heteroatoms. The third-order valence-corrected chi connectivity index (χ3v) is 5.37. The maximum Gasteiger partial charge on any atom is 0.224 e. The minimum atomic E-state index is 0.106. The summed E-state index contributed by atoms with van der Waals surface area (Å²) in [4.78, 5) is 12.3. The van der Waals surface area contributed by atoms with E-state index in [9.17, 15) is 4.79 Å². The van der Waals surface area contributed by atoms with E-state index in [4.69, 9.17) is 4.74 Å². The number of amides is 1. The zero-order valence-corrected chi connectivity index (χ0v) is 13.0. The second-order valence-corrected chi connectivity index (χ2v) is 6.68. The van der Waals surface area contributed by atoms with Crippen LogP contribution in [0.15, 0.2) is 24.3 Å². The topological polar surface area (TPSA) is 38.3 Å². The number of nitrogens with one attached hydrogen (secondary N) is 1. The summed E-state index contributed by atoms with van der Waals surface area (Å²) in [6, 6.07) is 8.04.